The van der Waals surface area contributed by atoms with Crippen LogP contribution in [0.5, 0.6) is 0 Å². The number of nitrogens with zero attached hydrogens (tertiary/aromatic N) is 1. The number of carbonyl (C=O) groups excluding carboxylic acids is 2. The van der Waals surface area contributed by atoms with Gasteiger partial charge in [0.05, 0.1) is 16.7 Å². The summed E-state index contributed by atoms with van der Waals surface area (Å²) in [4.78, 5) is 24.0. The van der Waals surface area contributed by atoms with E-state index in [1.807, 2.05) is 0 Å². The van der Waals surface area contributed by atoms with Crippen LogP contribution in [0.1, 0.15) is 12.0 Å². The predicted molar refractivity (Wildman–Crippen MR) is 70.7 cm³/mol. The highest BCUT2D eigenvalue weighted by Gasteiger charge is 2.36. The number of hydrogen-bond acceptors (Lipinski definition) is 3. The molecule has 1 atom stereocenters. The molecule has 20 heavy (non-hydrogen) atoms. The van der Waals surface area contributed by atoms with Crippen LogP contribution >= 0.6 is 23.4 Å². The molecule has 3 nitrogen and oxygen atoms in total. The van der Waals surface area contributed by atoms with E-state index in [4.69, 9.17) is 11.6 Å². The lowest BCUT2D eigenvalue weighted by Crippen LogP contribution is -2.30. The Hall–Kier alpha value is -1.21. The summed E-state index contributed by atoms with van der Waals surface area (Å²) in [6.07, 6.45) is -4.59. The number of alkyl halides is 3. The summed E-state index contributed by atoms with van der Waals surface area (Å²) in [7, 11) is 0. The molecule has 1 saturated heterocycles. The SMILES string of the molecule is O=C(Cl)CC1SCN(c2cccc(C(F)(F)F)c2)C1=O. The second-order valence-corrected chi connectivity index (χ2v) is 5.74. The first-order valence-electron chi connectivity index (χ1n) is 5.57. The molecule has 2 rings (SSSR count). The fraction of sp³-hybridized carbons (Fsp3) is 0.333. The first-order chi connectivity index (χ1) is 9.29. The van der Waals surface area contributed by atoms with Gasteiger partial charge in [-0.15, -0.1) is 11.8 Å². The normalized spacial score (nSPS) is 19.5. The molecule has 0 aliphatic carbocycles. The summed E-state index contributed by atoms with van der Waals surface area (Å²) in [5.74, 6) is -0.196. The fourth-order valence-corrected chi connectivity index (χ4v) is 3.21. The van der Waals surface area contributed by atoms with Crippen LogP contribution < -0.4 is 4.90 Å². The Bertz CT molecular complexity index is 550. The van der Waals surface area contributed by atoms with Gasteiger partial charge in [-0.2, -0.15) is 13.2 Å². The monoisotopic (exact) mass is 323 g/mol. The van der Waals surface area contributed by atoms with E-state index < -0.39 is 28.1 Å². The van der Waals surface area contributed by atoms with Crippen molar-refractivity contribution in [1.82, 2.24) is 0 Å². The molecule has 1 aliphatic rings. The molecule has 0 radical (unpaired) electrons. The van der Waals surface area contributed by atoms with Crippen LogP contribution in [0.3, 0.4) is 0 Å². The molecule has 1 unspecified atom stereocenters. The lowest BCUT2D eigenvalue weighted by Gasteiger charge is -2.17. The molecule has 0 aromatic heterocycles. The average Bonchev–Trinajstić information content (AvgIpc) is 2.69. The van der Waals surface area contributed by atoms with Gasteiger partial charge in [-0.1, -0.05) is 6.07 Å². The maximum atomic E-state index is 12.6. The van der Waals surface area contributed by atoms with Gasteiger partial charge in [0.15, 0.2) is 0 Å². The van der Waals surface area contributed by atoms with Gasteiger partial charge in [-0.3, -0.25) is 9.59 Å². The van der Waals surface area contributed by atoms with Crippen LogP contribution in [0.2, 0.25) is 0 Å². The number of anilines is 1. The highest BCUT2D eigenvalue weighted by atomic mass is 35.5. The van der Waals surface area contributed by atoms with Gasteiger partial charge >= 0.3 is 6.18 Å². The summed E-state index contributed by atoms with van der Waals surface area (Å²) < 4.78 is 37.9. The van der Waals surface area contributed by atoms with E-state index in [-0.39, 0.29) is 18.0 Å². The average molecular weight is 324 g/mol. The van der Waals surface area contributed by atoms with E-state index in [9.17, 15) is 22.8 Å². The van der Waals surface area contributed by atoms with Crippen LogP contribution in [-0.4, -0.2) is 22.3 Å². The van der Waals surface area contributed by atoms with Crippen molar-refractivity contribution in [1.29, 1.82) is 0 Å². The van der Waals surface area contributed by atoms with Gasteiger partial charge in [-0.25, -0.2) is 0 Å². The summed E-state index contributed by atoms with van der Waals surface area (Å²) >= 11 is 6.42. The van der Waals surface area contributed by atoms with Crippen LogP contribution in [0.4, 0.5) is 18.9 Å². The van der Waals surface area contributed by atoms with E-state index in [0.717, 1.165) is 12.1 Å². The first kappa shape index (κ1) is 15.2. The minimum Gasteiger partial charge on any atom is -0.302 e. The Balaban J connectivity index is 2.21. The van der Waals surface area contributed by atoms with Crippen molar-refractivity contribution in [3.05, 3.63) is 29.8 Å². The van der Waals surface area contributed by atoms with Crippen molar-refractivity contribution >= 4 is 40.2 Å². The highest BCUT2D eigenvalue weighted by Crippen LogP contribution is 2.35. The third kappa shape index (κ3) is 3.27. The zero-order valence-electron chi connectivity index (χ0n) is 9.98. The van der Waals surface area contributed by atoms with Crippen molar-refractivity contribution in [2.45, 2.75) is 17.8 Å². The number of hydrogen-bond donors (Lipinski definition) is 0. The van der Waals surface area contributed by atoms with Gasteiger partial charge in [0.25, 0.3) is 0 Å². The molecule has 1 amide bonds. The van der Waals surface area contributed by atoms with Crippen LogP contribution in [0, 0.1) is 0 Å². The highest BCUT2D eigenvalue weighted by molar-refractivity contribution is 8.01. The Morgan fingerprint density at radius 3 is 2.75 bits per heavy atom. The van der Waals surface area contributed by atoms with Crippen molar-refractivity contribution in [3.63, 3.8) is 0 Å². The smallest absolute Gasteiger partial charge is 0.302 e. The number of carbonyl (C=O) groups is 2. The summed E-state index contributed by atoms with van der Waals surface area (Å²) in [6.45, 7) is 0. The Morgan fingerprint density at radius 1 is 1.45 bits per heavy atom. The zero-order valence-corrected chi connectivity index (χ0v) is 11.6. The summed E-state index contributed by atoms with van der Waals surface area (Å²) in [5, 5.41) is -1.27. The minimum atomic E-state index is -4.46. The molecular weight excluding hydrogens is 315 g/mol. The number of thioether (sulfide) groups is 1. The summed E-state index contributed by atoms with van der Waals surface area (Å²) in [5.41, 5.74) is -0.647. The Labute approximate surface area is 122 Å². The van der Waals surface area contributed by atoms with Crippen molar-refractivity contribution < 1.29 is 22.8 Å². The van der Waals surface area contributed by atoms with E-state index in [2.05, 4.69) is 0 Å². The molecule has 0 bridgehead atoms. The quantitative estimate of drug-likeness (QED) is 0.801. The third-order valence-electron chi connectivity index (χ3n) is 2.78. The molecule has 108 valence electrons. The van der Waals surface area contributed by atoms with E-state index in [0.29, 0.717) is 0 Å². The van der Waals surface area contributed by atoms with E-state index in [1.165, 1.54) is 28.8 Å². The van der Waals surface area contributed by atoms with Crippen LogP contribution in [-0.2, 0) is 15.8 Å². The molecule has 1 aliphatic heterocycles. The first-order valence-corrected chi connectivity index (χ1v) is 7.00. The van der Waals surface area contributed by atoms with Crippen molar-refractivity contribution in [3.8, 4) is 0 Å². The molecule has 1 aromatic carbocycles. The molecule has 8 heteroatoms. The number of amides is 1. The van der Waals surface area contributed by atoms with Gasteiger partial charge in [0.1, 0.15) is 0 Å². The van der Waals surface area contributed by atoms with E-state index >= 15 is 0 Å². The number of rotatable bonds is 3. The second-order valence-electron chi connectivity index (χ2n) is 4.16. The largest absolute Gasteiger partial charge is 0.416 e. The minimum absolute atomic E-state index is 0.124. The maximum absolute atomic E-state index is 12.6. The molecule has 0 spiro atoms. The van der Waals surface area contributed by atoms with Crippen LogP contribution in [0.25, 0.3) is 0 Å². The van der Waals surface area contributed by atoms with E-state index in [1.54, 1.807) is 0 Å². The standard InChI is InChI=1S/C12H9ClF3NO2S/c13-10(18)5-9-11(19)17(6-20-9)8-3-1-2-7(4-8)12(14,15)16/h1-4,9H,5-6H2. The number of benzene rings is 1. The molecule has 1 heterocycles. The zero-order chi connectivity index (χ0) is 14.9. The van der Waals surface area contributed by atoms with Crippen LogP contribution in [0.15, 0.2) is 24.3 Å². The molecular formula is C12H9ClF3NO2S. The summed E-state index contributed by atoms with van der Waals surface area (Å²) in [6, 6.07) is 4.54. The second kappa shape index (κ2) is 5.65. The molecule has 0 N–H and O–H groups in total. The van der Waals surface area contributed by atoms with Gasteiger partial charge < -0.3 is 4.90 Å². The molecule has 0 saturated carbocycles. The third-order valence-corrected chi connectivity index (χ3v) is 4.11. The molecule has 1 aromatic rings. The Kier molecular flexibility index (Phi) is 4.29. The lowest BCUT2D eigenvalue weighted by atomic mass is 10.1. The molecule has 1 fully saturated rings. The van der Waals surface area contributed by atoms with Gasteiger partial charge in [-0.05, 0) is 29.8 Å². The topological polar surface area (TPSA) is 37.4 Å². The fourth-order valence-electron chi connectivity index (χ4n) is 1.82. The lowest BCUT2D eigenvalue weighted by molar-refractivity contribution is -0.137. The van der Waals surface area contributed by atoms with Gasteiger partial charge in [0, 0.05) is 12.1 Å². The van der Waals surface area contributed by atoms with Crippen molar-refractivity contribution in [2.24, 2.45) is 0 Å². The van der Waals surface area contributed by atoms with Gasteiger partial charge in [0.2, 0.25) is 11.1 Å². The predicted octanol–water partition coefficient (Wildman–Crippen LogP) is 3.27. The number of halogens is 4. The Morgan fingerprint density at radius 2 is 2.15 bits per heavy atom. The maximum Gasteiger partial charge on any atom is 0.416 e. The van der Waals surface area contributed by atoms with Crippen molar-refractivity contribution in [2.75, 3.05) is 10.8 Å².